The number of urea groups is 1. The number of hydrogen-bond donors (Lipinski definition) is 2. The highest BCUT2D eigenvalue weighted by Crippen LogP contribution is 2.06. The summed E-state index contributed by atoms with van der Waals surface area (Å²) in [6.45, 7) is 2.60. The molecule has 0 saturated heterocycles. The molecule has 16 heavy (non-hydrogen) atoms. The second-order valence-corrected chi connectivity index (χ2v) is 3.98. The zero-order chi connectivity index (χ0) is 12.0. The fraction of sp³-hybridized carbons (Fsp3) is 0.417. The molecule has 1 unspecified atom stereocenters. The van der Waals surface area contributed by atoms with Crippen LogP contribution >= 0.6 is 0 Å². The number of nitrogens with one attached hydrogen (secondary N) is 1. The van der Waals surface area contributed by atoms with Crippen molar-refractivity contribution in [3.63, 3.8) is 0 Å². The van der Waals surface area contributed by atoms with Gasteiger partial charge in [0.2, 0.25) is 0 Å². The molecule has 1 aromatic rings. The fourth-order valence-corrected chi connectivity index (χ4v) is 1.24. The Morgan fingerprint density at radius 3 is 2.62 bits per heavy atom. The number of rotatable bonds is 4. The zero-order valence-corrected chi connectivity index (χ0v) is 9.81. The summed E-state index contributed by atoms with van der Waals surface area (Å²) in [6.07, 6.45) is 0.804. The third-order valence-electron chi connectivity index (χ3n) is 2.29. The standard InChI is InChI=1S/C12H19N3O/c1-10(13)8-9-15(2)12(16)14-11-6-4-3-5-7-11/h3-7,10H,8-9,13H2,1-2H3,(H,14,16). The Morgan fingerprint density at radius 1 is 1.44 bits per heavy atom. The number of nitrogens with zero attached hydrogens (tertiary/aromatic N) is 1. The smallest absolute Gasteiger partial charge is 0.321 e. The maximum absolute atomic E-state index is 11.7. The van der Waals surface area contributed by atoms with E-state index in [-0.39, 0.29) is 12.1 Å². The van der Waals surface area contributed by atoms with Gasteiger partial charge in [0, 0.05) is 25.3 Å². The lowest BCUT2D eigenvalue weighted by Crippen LogP contribution is -2.34. The number of hydrogen-bond acceptors (Lipinski definition) is 2. The van der Waals surface area contributed by atoms with Crippen LogP contribution in [0.1, 0.15) is 13.3 Å². The number of para-hydroxylation sites is 1. The van der Waals surface area contributed by atoms with Gasteiger partial charge in [-0.05, 0) is 25.5 Å². The van der Waals surface area contributed by atoms with E-state index < -0.39 is 0 Å². The Balaban J connectivity index is 2.40. The maximum atomic E-state index is 11.7. The summed E-state index contributed by atoms with van der Waals surface area (Å²) < 4.78 is 0. The molecule has 88 valence electrons. The molecular formula is C12H19N3O. The van der Waals surface area contributed by atoms with Crippen molar-refractivity contribution in [1.82, 2.24) is 4.90 Å². The predicted molar refractivity (Wildman–Crippen MR) is 66.4 cm³/mol. The van der Waals surface area contributed by atoms with Crippen molar-refractivity contribution in [2.45, 2.75) is 19.4 Å². The van der Waals surface area contributed by atoms with E-state index in [1.54, 1.807) is 11.9 Å². The largest absolute Gasteiger partial charge is 0.328 e. The molecule has 1 atom stereocenters. The summed E-state index contributed by atoms with van der Waals surface area (Å²) in [5.41, 5.74) is 6.44. The molecule has 3 N–H and O–H groups in total. The summed E-state index contributed by atoms with van der Waals surface area (Å²) in [5, 5.41) is 2.81. The van der Waals surface area contributed by atoms with Gasteiger partial charge in [-0.15, -0.1) is 0 Å². The zero-order valence-electron chi connectivity index (χ0n) is 9.81. The Labute approximate surface area is 96.4 Å². The average Bonchev–Trinajstić information content (AvgIpc) is 2.27. The first-order valence-corrected chi connectivity index (χ1v) is 5.42. The van der Waals surface area contributed by atoms with E-state index in [9.17, 15) is 4.79 Å². The molecule has 0 spiro atoms. The van der Waals surface area contributed by atoms with Gasteiger partial charge in [0.1, 0.15) is 0 Å². The van der Waals surface area contributed by atoms with Crippen molar-refractivity contribution in [3.05, 3.63) is 30.3 Å². The summed E-state index contributed by atoms with van der Waals surface area (Å²) in [5.74, 6) is 0. The minimum atomic E-state index is -0.105. The van der Waals surface area contributed by atoms with E-state index in [1.165, 1.54) is 0 Å². The van der Waals surface area contributed by atoms with E-state index in [2.05, 4.69) is 5.32 Å². The molecule has 2 amide bonds. The summed E-state index contributed by atoms with van der Waals surface area (Å²) in [7, 11) is 1.76. The molecule has 0 fully saturated rings. The molecule has 1 rings (SSSR count). The third-order valence-corrected chi connectivity index (χ3v) is 2.29. The number of anilines is 1. The lowest BCUT2D eigenvalue weighted by molar-refractivity contribution is 0.221. The molecule has 0 radical (unpaired) electrons. The quantitative estimate of drug-likeness (QED) is 0.815. The van der Waals surface area contributed by atoms with Crippen molar-refractivity contribution in [2.24, 2.45) is 5.73 Å². The van der Waals surface area contributed by atoms with Gasteiger partial charge in [0.25, 0.3) is 0 Å². The fourth-order valence-electron chi connectivity index (χ4n) is 1.24. The van der Waals surface area contributed by atoms with Crippen LogP contribution in [0.5, 0.6) is 0 Å². The normalized spacial score (nSPS) is 11.9. The SMILES string of the molecule is CC(N)CCN(C)C(=O)Nc1ccccc1. The molecule has 0 aliphatic carbocycles. The highest BCUT2D eigenvalue weighted by molar-refractivity contribution is 5.89. The van der Waals surface area contributed by atoms with E-state index in [0.717, 1.165) is 12.1 Å². The molecule has 0 saturated carbocycles. The molecule has 0 aliphatic heterocycles. The minimum absolute atomic E-state index is 0.105. The molecule has 0 aromatic heterocycles. The van der Waals surface area contributed by atoms with E-state index in [0.29, 0.717) is 6.54 Å². The van der Waals surface area contributed by atoms with Gasteiger partial charge in [-0.2, -0.15) is 0 Å². The van der Waals surface area contributed by atoms with Crippen LogP contribution in [0.3, 0.4) is 0 Å². The first-order chi connectivity index (χ1) is 7.59. The molecular weight excluding hydrogens is 202 g/mol. The van der Waals surface area contributed by atoms with E-state index in [1.807, 2.05) is 37.3 Å². The second kappa shape index (κ2) is 6.12. The van der Waals surface area contributed by atoms with Gasteiger partial charge >= 0.3 is 6.03 Å². The van der Waals surface area contributed by atoms with Gasteiger partial charge in [-0.25, -0.2) is 4.79 Å². The van der Waals surface area contributed by atoms with E-state index >= 15 is 0 Å². The summed E-state index contributed by atoms with van der Waals surface area (Å²) in [4.78, 5) is 13.3. The molecule has 4 heteroatoms. The van der Waals surface area contributed by atoms with Crippen LogP contribution in [0.15, 0.2) is 30.3 Å². The average molecular weight is 221 g/mol. The number of carbonyl (C=O) groups is 1. The van der Waals surface area contributed by atoms with Crippen LogP contribution in [0.25, 0.3) is 0 Å². The molecule has 0 heterocycles. The van der Waals surface area contributed by atoms with Gasteiger partial charge in [0.05, 0.1) is 0 Å². The van der Waals surface area contributed by atoms with Gasteiger partial charge < -0.3 is 16.0 Å². The van der Waals surface area contributed by atoms with Gasteiger partial charge in [-0.3, -0.25) is 0 Å². The Morgan fingerprint density at radius 2 is 2.06 bits per heavy atom. The highest BCUT2D eigenvalue weighted by atomic mass is 16.2. The molecule has 4 nitrogen and oxygen atoms in total. The number of nitrogens with two attached hydrogens (primary N) is 1. The van der Waals surface area contributed by atoms with E-state index in [4.69, 9.17) is 5.73 Å². The third kappa shape index (κ3) is 4.31. The van der Waals surface area contributed by atoms with Crippen LogP contribution in [-0.2, 0) is 0 Å². The van der Waals surface area contributed by atoms with Crippen molar-refractivity contribution in [1.29, 1.82) is 0 Å². The van der Waals surface area contributed by atoms with Crippen molar-refractivity contribution in [2.75, 3.05) is 18.9 Å². The Bertz CT molecular complexity index is 324. The van der Waals surface area contributed by atoms with Crippen LogP contribution in [0.2, 0.25) is 0 Å². The molecule has 1 aromatic carbocycles. The van der Waals surface area contributed by atoms with Crippen LogP contribution in [0.4, 0.5) is 10.5 Å². The monoisotopic (exact) mass is 221 g/mol. The predicted octanol–water partition coefficient (Wildman–Crippen LogP) is 1.89. The number of amides is 2. The topological polar surface area (TPSA) is 58.4 Å². The second-order valence-electron chi connectivity index (χ2n) is 3.98. The van der Waals surface area contributed by atoms with Gasteiger partial charge in [0.15, 0.2) is 0 Å². The van der Waals surface area contributed by atoms with Crippen molar-refractivity contribution >= 4 is 11.7 Å². The lowest BCUT2D eigenvalue weighted by Gasteiger charge is -2.18. The molecule has 0 bridgehead atoms. The van der Waals surface area contributed by atoms with Gasteiger partial charge in [-0.1, -0.05) is 18.2 Å². The molecule has 0 aliphatic rings. The minimum Gasteiger partial charge on any atom is -0.328 e. The Kier molecular flexibility index (Phi) is 4.79. The maximum Gasteiger partial charge on any atom is 0.321 e. The summed E-state index contributed by atoms with van der Waals surface area (Å²) >= 11 is 0. The summed E-state index contributed by atoms with van der Waals surface area (Å²) in [6, 6.07) is 9.41. The van der Waals surface area contributed by atoms with Crippen LogP contribution in [-0.4, -0.2) is 30.6 Å². The number of carbonyl (C=O) groups excluding carboxylic acids is 1. The number of benzene rings is 1. The highest BCUT2D eigenvalue weighted by Gasteiger charge is 2.08. The van der Waals surface area contributed by atoms with Crippen molar-refractivity contribution in [3.8, 4) is 0 Å². The Hall–Kier alpha value is -1.55. The van der Waals surface area contributed by atoms with Crippen molar-refractivity contribution < 1.29 is 4.79 Å². The lowest BCUT2D eigenvalue weighted by atomic mass is 10.2. The van der Waals surface area contributed by atoms with Crippen LogP contribution in [0, 0.1) is 0 Å². The van der Waals surface area contributed by atoms with Crippen LogP contribution < -0.4 is 11.1 Å². The first-order valence-electron chi connectivity index (χ1n) is 5.42. The first kappa shape index (κ1) is 12.5.